The molecule has 1 heterocycles. The molecule has 3 aromatic rings. The molecule has 0 aliphatic heterocycles. The number of carbonyl (C=O) groups excluding carboxylic acids is 1. The maximum absolute atomic E-state index is 12.2. The number of carboxylic acids is 1. The van der Waals surface area contributed by atoms with Crippen molar-refractivity contribution in [1.82, 2.24) is 0 Å². The first-order valence-electron chi connectivity index (χ1n) is 8.00. The molecule has 0 bridgehead atoms. The molecule has 0 aliphatic carbocycles. The van der Waals surface area contributed by atoms with Crippen LogP contribution in [0.15, 0.2) is 53.0 Å². The van der Waals surface area contributed by atoms with Gasteiger partial charge in [-0.2, -0.15) is 0 Å². The maximum Gasteiger partial charge on any atom is 0.337 e. The van der Waals surface area contributed by atoms with E-state index in [-0.39, 0.29) is 21.3 Å². The highest BCUT2D eigenvalue weighted by molar-refractivity contribution is 6.38. The zero-order valence-corrected chi connectivity index (χ0v) is 17.4. The van der Waals surface area contributed by atoms with Crippen molar-refractivity contribution in [2.75, 3.05) is 5.32 Å². The van der Waals surface area contributed by atoms with Gasteiger partial charge in [-0.3, -0.25) is 4.79 Å². The number of furan rings is 1. The van der Waals surface area contributed by atoms with Crippen LogP contribution in [0.3, 0.4) is 0 Å². The molecule has 0 spiro atoms. The Morgan fingerprint density at radius 1 is 0.931 bits per heavy atom. The molecule has 29 heavy (non-hydrogen) atoms. The van der Waals surface area contributed by atoms with Crippen molar-refractivity contribution in [3.63, 3.8) is 0 Å². The van der Waals surface area contributed by atoms with Gasteiger partial charge in [-0.15, -0.1) is 0 Å². The van der Waals surface area contributed by atoms with Crippen molar-refractivity contribution in [1.29, 1.82) is 0 Å². The fourth-order valence-corrected chi connectivity index (χ4v) is 3.47. The smallest absolute Gasteiger partial charge is 0.337 e. The third-order valence-corrected chi connectivity index (χ3v) is 4.78. The van der Waals surface area contributed by atoms with E-state index in [1.54, 1.807) is 30.3 Å². The number of rotatable bonds is 5. The normalized spacial score (nSPS) is 11.0. The standard InChI is InChI=1S/C20H11Cl4NO4/c21-11-5-10(6-12(22)7-11)18-3-1-13(29-18)2-4-19(26)25-17-8-14(20(27)28)15(23)9-16(17)24/h1-9H,(H,25,26)(H,27,28)/b4-2+. The molecule has 0 radical (unpaired) electrons. The molecule has 0 saturated carbocycles. The van der Waals surface area contributed by atoms with E-state index in [9.17, 15) is 9.59 Å². The lowest BCUT2D eigenvalue weighted by molar-refractivity contribution is -0.111. The van der Waals surface area contributed by atoms with Crippen LogP contribution < -0.4 is 5.32 Å². The highest BCUT2D eigenvalue weighted by atomic mass is 35.5. The van der Waals surface area contributed by atoms with Gasteiger partial charge >= 0.3 is 5.97 Å². The van der Waals surface area contributed by atoms with Crippen LogP contribution in [0.5, 0.6) is 0 Å². The number of carboxylic acid groups (broad SMARTS) is 1. The molecule has 1 aromatic heterocycles. The predicted octanol–water partition coefficient (Wildman–Crippen LogP) is 6.91. The number of hydrogen-bond acceptors (Lipinski definition) is 3. The topological polar surface area (TPSA) is 79.5 Å². The van der Waals surface area contributed by atoms with Gasteiger partial charge in [0.2, 0.25) is 5.91 Å². The number of carbonyl (C=O) groups is 2. The molecule has 1 amide bonds. The minimum atomic E-state index is -1.23. The molecular weight excluding hydrogens is 460 g/mol. The number of nitrogens with one attached hydrogen (secondary N) is 1. The molecule has 0 saturated heterocycles. The van der Waals surface area contributed by atoms with E-state index in [1.807, 2.05) is 0 Å². The molecule has 0 fully saturated rings. The van der Waals surface area contributed by atoms with Gasteiger partial charge < -0.3 is 14.8 Å². The fourth-order valence-electron chi connectivity index (χ4n) is 2.43. The van der Waals surface area contributed by atoms with Gasteiger partial charge in [0.05, 0.1) is 21.3 Å². The number of amides is 1. The summed E-state index contributed by atoms with van der Waals surface area (Å²) in [4.78, 5) is 23.3. The first-order valence-corrected chi connectivity index (χ1v) is 9.52. The number of aromatic carboxylic acids is 1. The minimum Gasteiger partial charge on any atom is -0.478 e. The Labute approximate surface area is 185 Å². The summed E-state index contributed by atoms with van der Waals surface area (Å²) in [6.07, 6.45) is 2.67. The van der Waals surface area contributed by atoms with Crippen LogP contribution in [-0.2, 0) is 4.79 Å². The molecular formula is C20H11Cl4NO4. The Kier molecular flexibility index (Phi) is 6.55. The maximum atomic E-state index is 12.2. The summed E-state index contributed by atoms with van der Waals surface area (Å²) in [6.45, 7) is 0. The Morgan fingerprint density at radius 2 is 1.62 bits per heavy atom. The summed E-state index contributed by atoms with van der Waals surface area (Å²) in [5.41, 5.74) is 0.642. The van der Waals surface area contributed by atoms with Crippen molar-refractivity contribution in [3.05, 3.63) is 80.0 Å². The van der Waals surface area contributed by atoms with E-state index < -0.39 is 11.9 Å². The fraction of sp³-hybridized carbons (Fsp3) is 0. The second-order valence-corrected chi connectivity index (χ2v) is 7.49. The van der Waals surface area contributed by atoms with Crippen LogP contribution in [0.2, 0.25) is 20.1 Å². The zero-order chi connectivity index (χ0) is 21.1. The van der Waals surface area contributed by atoms with Crippen LogP contribution in [-0.4, -0.2) is 17.0 Å². The van der Waals surface area contributed by atoms with E-state index in [0.29, 0.717) is 27.1 Å². The van der Waals surface area contributed by atoms with Crippen LogP contribution in [0.25, 0.3) is 17.4 Å². The van der Waals surface area contributed by atoms with Crippen molar-refractivity contribution >= 4 is 70.0 Å². The zero-order valence-electron chi connectivity index (χ0n) is 14.4. The van der Waals surface area contributed by atoms with Crippen molar-refractivity contribution in [3.8, 4) is 11.3 Å². The Hall–Kier alpha value is -2.44. The summed E-state index contributed by atoms with van der Waals surface area (Å²) < 4.78 is 5.67. The van der Waals surface area contributed by atoms with Crippen molar-refractivity contribution in [2.24, 2.45) is 0 Å². The summed E-state index contributed by atoms with van der Waals surface area (Å²) in [6, 6.07) is 10.8. The van der Waals surface area contributed by atoms with Crippen LogP contribution in [0.1, 0.15) is 16.1 Å². The van der Waals surface area contributed by atoms with Gasteiger partial charge in [-0.05, 0) is 48.5 Å². The SMILES string of the molecule is O=C(/C=C/c1ccc(-c2cc(Cl)cc(Cl)c2)o1)Nc1cc(C(=O)O)c(Cl)cc1Cl. The molecule has 3 rings (SSSR count). The summed E-state index contributed by atoms with van der Waals surface area (Å²) in [7, 11) is 0. The van der Waals surface area contributed by atoms with Crippen LogP contribution in [0, 0.1) is 0 Å². The molecule has 148 valence electrons. The molecule has 5 nitrogen and oxygen atoms in total. The van der Waals surface area contributed by atoms with Gasteiger partial charge in [0.15, 0.2) is 0 Å². The lowest BCUT2D eigenvalue weighted by Crippen LogP contribution is -2.09. The van der Waals surface area contributed by atoms with E-state index in [1.165, 1.54) is 24.3 Å². The molecule has 2 N–H and O–H groups in total. The average Bonchev–Trinajstić information content (AvgIpc) is 3.10. The lowest BCUT2D eigenvalue weighted by Gasteiger charge is -2.07. The number of hydrogen-bond donors (Lipinski definition) is 2. The van der Waals surface area contributed by atoms with E-state index in [2.05, 4.69) is 5.32 Å². The third kappa shape index (κ3) is 5.34. The van der Waals surface area contributed by atoms with Crippen LogP contribution in [0.4, 0.5) is 5.69 Å². The second-order valence-electron chi connectivity index (χ2n) is 5.80. The third-order valence-electron chi connectivity index (χ3n) is 3.72. The monoisotopic (exact) mass is 469 g/mol. The quantitative estimate of drug-likeness (QED) is 0.397. The average molecular weight is 471 g/mol. The number of benzene rings is 2. The highest BCUT2D eigenvalue weighted by Crippen LogP contribution is 2.30. The largest absolute Gasteiger partial charge is 0.478 e. The minimum absolute atomic E-state index is 0.0275. The molecule has 0 atom stereocenters. The molecule has 0 aliphatic rings. The molecule has 9 heteroatoms. The van der Waals surface area contributed by atoms with Crippen LogP contribution >= 0.6 is 46.4 Å². The Bertz CT molecular complexity index is 1120. The van der Waals surface area contributed by atoms with Crippen molar-refractivity contribution < 1.29 is 19.1 Å². The van der Waals surface area contributed by atoms with Gasteiger partial charge in [0, 0.05) is 21.7 Å². The highest BCUT2D eigenvalue weighted by Gasteiger charge is 2.14. The number of anilines is 1. The summed E-state index contributed by atoms with van der Waals surface area (Å²) in [5.74, 6) is -0.822. The molecule has 2 aromatic carbocycles. The Balaban J connectivity index is 1.74. The first-order chi connectivity index (χ1) is 13.7. The van der Waals surface area contributed by atoms with E-state index in [4.69, 9.17) is 55.9 Å². The van der Waals surface area contributed by atoms with Gasteiger partial charge in [0.25, 0.3) is 0 Å². The van der Waals surface area contributed by atoms with Crippen molar-refractivity contribution in [2.45, 2.75) is 0 Å². The van der Waals surface area contributed by atoms with E-state index >= 15 is 0 Å². The van der Waals surface area contributed by atoms with Gasteiger partial charge in [-0.1, -0.05) is 46.4 Å². The summed E-state index contributed by atoms with van der Waals surface area (Å²) in [5, 5.41) is 12.6. The summed E-state index contributed by atoms with van der Waals surface area (Å²) >= 11 is 23.8. The lowest BCUT2D eigenvalue weighted by atomic mass is 10.2. The first kappa shape index (κ1) is 21.3. The molecule has 0 unspecified atom stereocenters. The Morgan fingerprint density at radius 3 is 2.28 bits per heavy atom. The van der Waals surface area contributed by atoms with Gasteiger partial charge in [-0.25, -0.2) is 4.79 Å². The van der Waals surface area contributed by atoms with Gasteiger partial charge in [0.1, 0.15) is 11.5 Å². The number of halogens is 4. The van der Waals surface area contributed by atoms with E-state index in [0.717, 1.165) is 0 Å². The predicted molar refractivity (Wildman–Crippen MR) is 115 cm³/mol. The second kappa shape index (κ2) is 8.93.